The van der Waals surface area contributed by atoms with Gasteiger partial charge in [-0.3, -0.25) is 9.59 Å². The molecule has 3 rings (SSSR count). The molecule has 148 valence electrons. The van der Waals surface area contributed by atoms with E-state index in [1.807, 2.05) is 91.9 Å². The average molecular weight is 451 g/mol. The van der Waals surface area contributed by atoms with Crippen LogP contribution in [-0.4, -0.2) is 17.9 Å². The summed E-state index contributed by atoms with van der Waals surface area (Å²) in [5, 5.41) is 2.89. The monoisotopic (exact) mass is 450 g/mol. The van der Waals surface area contributed by atoms with Gasteiger partial charge in [0.15, 0.2) is 0 Å². The molecule has 0 aliphatic rings. The molecule has 29 heavy (non-hydrogen) atoms. The van der Waals surface area contributed by atoms with Crippen molar-refractivity contribution in [1.82, 2.24) is 5.32 Å². The zero-order valence-electron chi connectivity index (χ0n) is 16.1. The average Bonchev–Trinajstić information content (AvgIpc) is 2.75. The predicted octanol–water partition coefficient (Wildman–Crippen LogP) is 3.97. The molecule has 4 nitrogen and oxygen atoms in total. The Balaban J connectivity index is 1.92. The molecule has 0 aliphatic carbocycles. The lowest BCUT2D eigenvalue weighted by molar-refractivity contribution is -0.129. The highest BCUT2D eigenvalue weighted by molar-refractivity contribution is 9.10. The van der Waals surface area contributed by atoms with Crippen LogP contribution in [0.2, 0.25) is 0 Å². The fourth-order valence-corrected chi connectivity index (χ4v) is 3.62. The molecule has 0 radical (unpaired) electrons. The Hall–Kier alpha value is -2.92. The number of primary amides is 1. The van der Waals surface area contributed by atoms with E-state index in [9.17, 15) is 9.59 Å². The first-order chi connectivity index (χ1) is 13.9. The van der Waals surface area contributed by atoms with E-state index in [1.165, 1.54) is 0 Å². The van der Waals surface area contributed by atoms with Gasteiger partial charge in [0.2, 0.25) is 11.8 Å². The van der Waals surface area contributed by atoms with Crippen LogP contribution in [0.25, 0.3) is 0 Å². The quantitative estimate of drug-likeness (QED) is 0.571. The first-order valence-corrected chi connectivity index (χ1v) is 10.2. The molecule has 1 atom stereocenters. The number of carbonyl (C=O) groups excluding carboxylic acids is 2. The van der Waals surface area contributed by atoms with E-state index in [-0.39, 0.29) is 5.91 Å². The highest BCUT2D eigenvalue weighted by Gasteiger charge is 2.38. The number of rotatable bonds is 7. The standard InChI is InChI=1S/C24H23BrN2O2/c1-24(18-8-4-2-5-9-18,19-10-6-3-7-11-19)23(29)27-21(22(26)28)16-17-12-14-20(25)15-13-17/h2-15,21H,16H2,1H3,(H2,26,28)(H,27,29)/t21-/m1/s1. The maximum Gasteiger partial charge on any atom is 0.240 e. The molecule has 0 saturated carbocycles. The number of halogens is 1. The zero-order valence-corrected chi connectivity index (χ0v) is 17.7. The summed E-state index contributed by atoms with van der Waals surface area (Å²) in [4.78, 5) is 25.6. The van der Waals surface area contributed by atoms with Gasteiger partial charge in [-0.15, -0.1) is 0 Å². The van der Waals surface area contributed by atoms with Gasteiger partial charge in [0.05, 0.1) is 5.41 Å². The number of nitrogens with one attached hydrogen (secondary N) is 1. The summed E-state index contributed by atoms with van der Waals surface area (Å²) in [6.45, 7) is 1.87. The molecule has 0 fully saturated rings. The van der Waals surface area contributed by atoms with Gasteiger partial charge in [0, 0.05) is 10.9 Å². The molecule has 0 unspecified atom stereocenters. The summed E-state index contributed by atoms with van der Waals surface area (Å²) in [6, 6.07) is 25.9. The van der Waals surface area contributed by atoms with Crippen molar-refractivity contribution in [2.75, 3.05) is 0 Å². The second-order valence-electron chi connectivity index (χ2n) is 7.12. The van der Waals surface area contributed by atoms with Crippen LogP contribution in [-0.2, 0) is 21.4 Å². The lowest BCUT2D eigenvalue weighted by Gasteiger charge is -2.31. The Morgan fingerprint density at radius 2 is 1.38 bits per heavy atom. The maximum absolute atomic E-state index is 13.5. The van der Waals surface area contributed by atoms with E-state index in [0.717, 1.165) is 21.2 Å². The van der Waals surface area contributed by atoms with Crippen LogP contribution in [0.5, 0.6) is 0 Å². The van der Waals surface area contributed by atoms with Crippen molar-refractivity contribution < 1.29 is 9.59 Å². The van der Waals surface area contributed by atoms with Crippen molar-refractivity contribution in [3.63, 3.8) is 0 Å². The van der Waals surface area contributed by atoms with Gasteiger partial charge in [-0.2, -0.15) is 0 Å². The fourth-order valence-electron chi connectivity index (χ4n) is 3.35. The molecule has 3 aromatic carbocycles. The largest absolute Gasteiger partial charge is 0.368 e. The number of carbonyl (C=O) groups is 2. The molecule has 0 aromatic heterocycles. The van der Waals surface area contributed by atoms with Crippen LogP contribution in [0.1, 0.15) is 23.6 Å². The van der Waals surface area contributed by atoms with E-state index in [0.29, 0.717) is 6.42 Å². The SMILES string of the molecule is CC(C(=O)N[C@H](Cc1ccc(Br)cc1)C(N)=O)(c1ccccc1)c1ccccc1. The molecule has 3 aromatic rings. The van der Waals surface area contributed by atoms with Crippen LogP contribution in [0.4, 0.5) is 0 Å². The van der Waals surface area contributed by atoms with Gasteiger partial charge in [0.1, 0.15) is 6.04 Å². The normalized spacial score (nSPS) is 12.2. The van der Waals surface area contributed by atoms with E-state index in [4.69, 9.17) is 5.73 Å². The molecule has 5 heteroatoms. The summed E-state index contributed by atoms with van der Waals surface area (Å²) >= 11 is 3.40. The summed E-state index contributed by atoms with van der Waals surface area (Å²) in [5.74, 6) is -0.833. The summed E-state index contributed by atoms with van der Waals surface area (Å²) < 4.78 is 0.946. The van der Waals surface area contributed by atoms with E-state index < -0.39 is 17.4 Å². The Kier molecular flexibility index (Phi) is 6.49. The summed E-state index contributed by atoms with van der Waals surface area (Å²) in [7, 11) is 0. The molecule has 3 N–H and O–H groups in total. The van der Waals surface area contributed by atoms with Crippen molar-refractivity contribution in [1.29, 1.82) is 0 Å². The molecule has 0 bridgehead atoms. The number of benzene rings is 3. The second kappa shape index (κ2) is 9.05. The highest BCUT2D eigenvalue weighted by atomic mass is 79.9. The van der Waals surface area contributed by atoms with Gasteiger partial charge < -0.3 is 11.1 Å². The van der Waals surface area contributed by atoms with Crippen molar-refractivity contribution >= 4 is 27.7 Å². The number of nitrogens with two attached hydrogens (primary N) is 1. The van der Waals surface area contributed by atoms with Crippen LogP contribution < -0.4 is 11.1 Å². The van der Waals surface area contributed by atoms with Crippen LogP contribution >= 0.6 is 15.9 Å². The molecular formula is C24H23BrN2O2. The van der Waals surface area contributed by atoms with Crippen molar-refractivity contribution in [2.24, 2.45) is 5.73 Å². The predicted molar refractivity (Wildman–Crippen MR) is 118 cm³/mol. The zero-order chi connectivity index (χ0) is 20.9. The van der Waals surface area contributed by atoms with Crippen molar-refractivity contribution in [3.05, 3.63) is 106 Å². The van der Waals surface area contributed by atoms with Crippen LogP contribution in [0.3, 0.4) is 0 Å². The third kappa shape index (κ3) is 4.74. The van der Waals surface area contributed by atoms with Gasteiger partial charge in [-0.25, -0.2) is 0 Å². The van der Waals surface area contributed by atoms with E-state index in [2.05, 4.69) is 21.2 Å². The second-order valence-corrected chi connectivity index (χ2v) is 8.03. The van der Waals surface area contributed by atoms with Crippen LogP contribution in [0, 0.1) is 0 Å². The first-order valence-electron chi connectivity index (χ1n) is 9.37. The molecule has 0 saturated heterocycles. The minimum atomic E-state index is -0.962. The molecular weight excluding hydrogens is 428 g/mol. The van der Waals surface area contributed by atoms with Gasteiger partial charge in [-0.05, 0) is 35.7 Å². The first kappa shape index (κ1) is 20.8. The van der Waals surface area contributed by atoms with E-state index >= 15 is 0 Å². The Labute approximate surface area is 179 Å². The third-order valence-corrected chi connectivity index (χ3v) is 5.69. The Bertz CT molecular complexity index is 933. The molecule has 0 heterocycles. The molecule has 2 amide bonds. The minimum absolute atomic E-state index is 0.268. The topological polar surface area (TPSA) is 72.2 Å². The van der Waals surface area contributed by atoms with Crippen molar-refractivity contribution in [2.45, 2.75) is 24.8 Å². The Morgan fingerprint density at radius 3 is 1.83 bits per heavy atom. The lowest BCUT2D eigenvalue weighted by atomic mass is 9.75. The summed E-state index contributed by atoms with van der Waals surface area (Å²) in [5.41, 5.74) is 7.26. The smallest absolute Gasteiger partial charge is 0.240 e. The molecule has 0 spiro atoms. The number of amides is 2. The Morgan fingerprint density at radius 1 is 0.897 bits per heavy atom. The highest BCUT2D eigenvalue weighted by Crippen LogP contribution is 2.32. The number of hydrogen-bond donors (Lipinski definition) is 2. The van der Waals surface area contributed by atoms with Crippen molar-refractivity contribution in [3.8, 4) is 0 Å². The van der Waals surface area contributed by atoms with Gasteiger partial charge in [-0.1, -0.05) is 88.7 Å². The van der Waals surface area contributed by atoms with E-state index in [1.54, 1.807) is 0 Å². The van der Waals surface area contributed by atoms with Gasteiger partial charge >= 0.3 is 0 Å². The molecule has 0 aliphatic heterocycles. The maximum atomic E-state index is 13.5. The fraction of sp³-hybridized carbons (Fsp3) is 0.167. The van der Waals surface area contributed by atoms with Gasteiger partial charge in [0.25, 0.3) is 0 Å². The summed E-state index contributed by atoms with van der Waals surface area (Å²) in [6.07, 6.45) is 0.327. The van der Waals surface area contributed by atoms with Crippen LogP contribution in [0.15, 0.2) is 89.4 Å². The lowest BCUT2D eigenvalue weighted by Crippen LogP contribution is -2.52. The minimum Gasteiger partial charge on any atom is -0.368 e. The third-order valence-electron chi connectivity index (χ3n) is 5.16. The number of hydrogen-bond acceptors (Lipinski definition) is 2.